The molecule has 1 aromatic heterocycles. The molecule has 1 saturated heterocycles. The number of nitrogens with one attached hydrogen (secondary N) is 1. The first-order valence-corrected chi connectivity index (χ1v) is 9.96. The summed E-state index contributed by atoms with van der Waals surface area (Å²) < 4.78 is 39.5. The third kappa shape index (κ3) is 3.52. The Bertz CT molecular complexity index is 1130. The first-order valence-electron chi connectivity index (χ1n) is 9.96. The monoisotopic (exact) mass is 432 g/mol. The molecule has 0 aliphatic carbocycles. The van der Waals surface area contributed by atoms with E-state index in [4.69, 9.17) is 9.47 Å². The highest BCUT2D eigenvalue weighted by molar-refractivity contribution is 6.03. The number of rotatable bonds is 4. The Kier molecular flexibility index (Phi) is 5.38. The molecule has 1 amide bonds. The van der Waals surface area contributed by atoms with Gasteiger partial charge in [0.2, 0.25) is 5.43 Å². The van der Waals surface area contributed by atoms with Gasteiger partial charge in [-0.3, -0.25) is 14.4 Å². The van der Waals surface area contributed by atoms with Crippen molar-refractivity contribution in [2.75, 3.05) is 13.7 Å². The molecule has 0 saturated carbocycles. The minimum absolute atomic E-state index is 0.0707. The number of hydrogen-bond acceptors (Lipinski definition) is 5. The predicted octanol–water partition coefficient (Wildman–Crippen LogP) is 2.45. The maximum Gasteiger partial charge on any atom is 0.257 e. The van der Waals surface area contributed by atoms with Gasteiger partial charge < -0.3 is 19.4 Å². The summed E-state index contributed by atoms with van der Waals surface area (Å²) in [6.07, 6.45) is 2.31. The Labute approximate surface area is 177 Å². The van der Waals surface area contributed by atoms with Crippen LogP contribution >= 0.6 is 0 Å². The fraction of sp³-hybridized carbons (Fsp3) is 0.409. The number of carbonyl (C=O) groups is 2. The molecule has 0 radical (unpaired) electrons. The van der Waals surface area contributed by atoms with Gasteiger partial charge in [0.1, 0.15) is 22.9 Å². The molecule has 1 aromatic carbocycles. The van der Waals surface area contributed by atoms with E-state index in [1.165, 1.54) is 23.9 Å². The molecular formula is C22H22F2N2O5. The van der Waals surface area contributed by atoms with E-state index in [0.717, 1.165) is 12.5 Å². The van der Waals surface area contributed by atoms with Gasteiger partial charge in [0, 0.05) is 31.0 Å². The van der Waals surface area contributed by atoms with Gasteiger partial charge >= 0.3 is 0 Å². The highest BCUT2D eigenvalue weighted by Crippen LogP contribution is 2.42. The molecule has 7 nitrogen and oxygen atoms in total. The zero-order chi connectivity index (χ0) is 22.3. The molecular weight excluding hydrogens is 410 g/mol. The fourth-order valence-corrected chi connectivity index (χ4v) is 4.28. The second-order valence-electron chi connectivity index (χ2n) is 8.03. The minimum Gasteiger partial charge on any atom is -0.491 e. The summed E-state index contributed by atoms with van der Waals surface area (Å²) in [6.45, 7) is 2.42. The zero-order valence-electron chi connectivity index (χ0n) is 17.2. The Morgan fingerprint density at radius 1 is 1.35 bits per heavy atom. The van der Waals surface area contributed by atoms with Crippen molar-refractivity contribution >= 4 is 11.7 Å². The van der Waals surface area contributed by atoms with Crippen molar-refractivity contribution < 1.29 is 27.8 Å². The number of hydrogen-bond donors (Lipinski definition) is 1. The molecule has 0 unspecified atom stereocenters. The second-order valence-corrected chi connectivity index (χ2v) is 8.03. The smallest absolute Gasteiger partial charge is 0.257 e. The summed E-state index contributed by atoms with van der Waals surface area (Å²) in [4.78, 5) is 38.9. The van der Waals surface area contributed by atoms with Gasteiger partial charge in [-0.1, -0.05) is 6.07 Å². The first kappa shape index (κ1) is 21.2. The van der Waals surface area contributed by atoms with Gasteiger partial charge in [-0.05, 0) is 25.8 Å². The van der Waals surface area contributed by atoms with Crippen LogP contribution in [-0.2, 0) is 17.8 Å². The van der Waals surface area contributed by atoms with Crippen LogP contribution in [0.15, 0.2) is 29.2 Å². The lowest BCUT2D eigenvalue weighted by molar-refractivity contribution is -0.0740. The summed E-state index contributed by atoms with van der Waals surface area (Å²) in [7, 11) is 1.27. The van der Waals surface area contributed by atoms with E-state index in [1.807, 2.05) is 6.92 Å². The van der Waals surface area contributed by atoms with E-state index in [-0.39, 0.29) is 41.0 Å². The van der Waals surface area contributed by atoms with Gasteiger partial charge in [0.15, 0.2) is 11.5 Å². The molecule has 2 aliphatic rings. The molecule has 9 heteroatoms. The van der Waals surface area contributed by atoms with Crippen molar-refractivity contribution in [1.82, 2.24) is 9.88 Å². The second kappa shape index (κ2) is 7.88. The maximum atomic E-state index is 13.8. The van der Waals surface area contributed by atoms with Gasteiger partial charge in [-0.15, -0.1) is 0 Å². The van der Waals surface area contributed by atoms with E-state index in [9.17, 15) is 23.2 Å². The number of ether oxygens (including phenoxy) is 2. The zero-order valence-corrected chi connectivity index (χ0v) is 17.2. The van der Waals surface area contributed by atoms with Crippen LogP contribution in [0.25, 0.3) is 0 Å². The molecule has 0 bridgehead atoms. The maximum absolute atomic E-state index is 13.8. The van der Waals surface area contributed by atoms with Gasteiger partial charge in [0.05, 0.1) is 25.2 Å². The van der Waals surface area contributed by atoms with Gasteiger partial charge in [-0.25, -0.2) is 8.78 Å². The lowest BCUT2D eigenvalue weighted by Gasteiger charge is -2.44. The Balaban J connectivity index is 1.68. The van der Waals surface area contributed by atoms with E-state index in [1.54, 1.807) is 0 Å². The quantitative estimate of drug-likeness (QED) is 0.802. The molecule has 4 rings (SSSR count). The molecule has 2 aromatic rings. The van der Waals surface area contributed by atoms with Crippen molar-refractivity contribution in [2.45, 2.75) is 39.0 Å². The minimum atomic E-state index is -0.806. The molecule has 2 atom stereocenters. The molecule has 2 aliphatic heterocycles. The first-order chi connectivity index (χ1) is 14.8. The number of aromatic nitrogens is 1. The molecule has 0 spiro atoms. The van der Waals surface area contributed by atoms with Crippen molar-refractivity contribution in [3.05, 3.63) is 63.1 Å². The summed E-state index contributed by atoms with van der Waals surface area (Å²) in [5, 5.41) is 2.46. The Morgan fingerprint density at radius 3 is 2.84 bits per heavy atom. The van der Waals surface area contributed by atoms with E-state index in [0.29, 0.717) is 25.6 Å². The van der Waals surface area contributed by atoms with Crippen molar-refractivity contribution in [1.29, 1.82) is 0 Å². The van der Waals surface area contributed by atoms with Crippen LogP contribution in [-0.4, -0.2) is 36.1 Å². The number of carbonyl (C=O) groups excluding carboxylic acids is 2. The lowest BCUT2D eigenvalue weighted by atomic mass is 9.71. The van der Waals surface area contributed by atoms with Gasteiger partial charge in [-0.2, -0.15) is 0 Å². The number of pyridine rings is 1. The van der Waals surface area contributed by atoms with Crippen LogP contribution in [0, 0.1) is 17.0 Å². The average molecular weight is 432 g/mol. The largest absolute Gasteiger partial charge is 0.491 e. The summed E-state index contributed by atoms with van der Waals surface area (Å²) >= 11 is 0. The van der Waals surface area contributed by atoms with Crippen LogP contribution < -0.4 is 15.5 Å². The number of amides is 1. The molecule has 31 heavy (non-hydrogen) atoms. The number of Topliss-reactive ketones (excluding diaryl/α,β-unsaturated/α-hetero) is 1. The van der Waals surface area contributed by atoms with Crippen LogP contribution in [0.4, 0.5) is 8.78 Å². The Morgan fingerprint density at radius 2 is 2.13 bits per heavy atom. The SMILES string of the molecule is COc1c2n(cc(C(=O)NCc3ccc(F)cc3F)c1=O)C[C@H]1OCCC[C@@]1(C)C2=O. The fourth-order valence-electron chi connectivity index (χ4n) is 4.28. The van der Waals surface area contributed by atoms with Crippen molar-refractivity contribution in [3.8, 4) is 5.75 Å². The third-order valence-electron chi connectivity index (χ3n) is 6.11. The molecule has 164 valence electrons. The molecule has 1 N–H and O–H groups in total. The summed E-state index contributed by atoms with van der Waals surface area (Å²) in [5.74, 6) is -2.74. The van der Waals surface area contributed by atoms with Crippen LogP contribution in [0.1, 0.15) is 46.2 Å². The highest BCUT2D eigenvalue weighted by Gasteiger charge is 2.50. The number of benzene rings is 1. The highest BCUT2D eigenvalue weighted by atomic mass is 19.1. The standard InChI is InChI=1S/C22H22F2N2O5/c1-22-6-3-7-31-16(22)11-26-10-14(18(27)19(30-2)17(26)20(22)28)21(29)25-9-12-4-5-13(23)8-15(12)24/h4-5,8,10,16H,3,6-7,9,11H2,1-2H3,(H,25,29)/t16-,22-/m1/s1. The summed E-state index contributed by atoms with van der Waals surface area (Å²) in [6, 6.07) is 3.00. The molecule has 1 fully saturated rings. The van der Waals surface area contributed by atoms with Crippen molar-refractivity contribution in [2.24, 2.45) is 5.41 Å². The van der Waals surface area contributed by atoms with E-state index < -0.39 is 28.4 Å². The third-order valence-corrected chi connectivity index (χ3v) is 6.11. The predicted molar refractivity (Wildman–Crippen MR) is 106 cm³/mol. The number of nitrogens with zero attached hydrogens (tertiary/aromatic N) is 1. The number of fused-ring (bicyclic) bond motifs is 2. The Hall–Kier alpha value is -3.07. The molecule has 3 heterocycles. The topological polar surface area (TPSA) is 86.6 Å². The number of ketones is 1. The van der Waals surface area contributed by atoms with Crippen LogP contribution in [0.3, 0.4) is 0 Å². The number of methoxy groups -OCH3 is 1. The normalized spacial score (nSPS) is 22.5. The number of halogens is 2. The van der Waals surface area contributed by atoms with E-state index >= 15 is 0 Å². The summed E-state index contributed by atoms with van der Waals surface area (Å²) in [5.41, 5.74) is -1.53. The average Bonchev–Trinajstić information content (AvgIpc) is 2.74. The van der Waals surface area contributed by atoms with Crippen LogP contribution in [0.5, 0.6) is 5.75 Å². The lowest BCUT2D eigenvalue weighted by Crippen LogP contribution is -2.52. The van der Waals surface area contributed by atoms with Crippen molar-refractivity contribution in [3.63, 3.8) is 0 Å². The van der Waals surface area contributed by atoms with E-state index in [2.05, 4.69) is 5.32 Å². The van der Waals surface area contributed by atoms with Gasteiger partial charge in [0.25, 0.3) is 5.91 Å². The van der Waals surface area contributed by atoms with Crippen LogP contribution in [0.2, 0.25) is 0 Å².